The van der Waals surface area contributed by atoms with Crippen LogP contribution in [0.4, 0.5) is 13.2 Å². The van der Waals surface area contributed by atoms with Crippen molar-refractivity contribution in [2.24, 2.45) is 0 Å². The van der Waals surface area contributed by atoms with Crippen molar-refractivity contribution in [2.45, 2.75) is 6.67 Å². The largest absolute Gasteiger partial charge is 0.246 e. The van der Waals surface area contributed by atoms with E-state index >= 15 is 0 Å². The van der Waals surface area contributed by atoms with E-state index in [-0.39, 0.29) is 14.5 Å². The monoisotopic (exact) mass is 302 g/mol. The minimum Gasteiger partial charge on any atom is -0.246 e. The van der Waals surface area contributed by atoms with Gasteiger partial charge in [-0.2, -0.15) is 0 Å². The van der Waals surface area contributed by atoms with Crippen LogP contribution >= 0.6 is 31.9 Å². The van der Waals surface area contributed by atoms with Crippen LogP contribution in [0.25, 0.3) is 0 Å². The van der Waals surface area contributed by atoms with E-state index in [2.05, 4.69) is 31.9 Å². The molecule has 0 aliphatic heterocycles. The molecule has 0 radical (unpaired) electrons. The highest BCUT2D eigenvalue weighted by Crippen LogP contribution is 2.29. The third kappa shape index (κ3) is 1.66. The zero-order valence-electron chi connectivity index (χ0n) is 5.67. The SMILES string of the molecule is FCc1cc(Br)c(F)c(F)c1Br. The molecule has 0 spiro atoms. The number of hydrogen-bond donors (Lipinski definition) is 0. The predicted molar refractivity (Wildman–Crippen MR) is 46.6 cm³/mol. The Bertz CT molecular complexity index is 312. The van der Waals surface area contributed by atoms with Crippen LogP contribution in [-0.4, -0.2) is 0 Å². The van der Waals surface area contributed by atoms with Gasteiger partial charge in [-0.15, -0.1) is 0 Å². The predicted octanol–water partition coefficient (Wildman–Crippen LogP) is 3.96. The number of hydrogen-bond acceptors (Lipinski definition) is 0. The Balaban J connectivity index is 3.39. The summed E-state index contributed by atoms with van der Waals surface area (Å²) in [4.78, 5) is 0. The summed E-state index contributed by atoms with van der Waals surface area (Å²) >= 11 is 5.52. The summed E-state index contributed by atoms with van der Waals surface area (Å²) < 4.78 is 37.5. The van der Waals surface area contributed by atoms with Gasteiger partial charge in [-0.25, -0.2) is 13.2 Å². The van der Waals surface area contributed by atoms with Gasteiger partial charge in [0.15, 0.2) is 11.6 Å². The Morgan fingerprint density at radius 3 is 2.25 bits per heavy atom. The fraction of sp³-hybridized carbons (Fsp3) is 0.143. The van der Waals surface area contributed by atoms with Gasteiger partial charge in [0.1, 0.15) is 6.67 Å². The standard InChI is InChI=1S/C7H3Br2F3/c8-4-1-3(2-10)5(9)7(12)6(4)11/h1H,2H2. The zero-order valence-corrected chi connectivity index (χ0v) is 8.85. The molecule has 0 atom stereocenters. The lowest BCUT2D eigenvalue weighted by Crippen LogP contribution is -1.92. The number of benzene rings is 1. The molecule has 0 amide bonds. The van der Waals surface area contributed by atoms with Crippen molar-refractivity contribution in [2.75, 3.05) is 0 Å². The molecule has 0 nitrogen and oxygen atoms in total. The first-order chi connectivity index (χ1) is 5.57. The van der Waals surface area contributed by atoms with Crippen LogP contribution in [0.1, 0.15) is 5.56 Å². The summed E-state index contributed by atoms with van der Waals surface area (Å²) in [6, 6.07) is 1.20. The molecule has 66 valence electrons. The third-order valence-electron chi connectivity index (χ3n) is 1.32. The lowest BCUT2D eigenvalue weighted by Gasteiger charge is -2.03. The Hall–Kier alpha value is -0.0300. The van der Waals surface area contributed by atoms with Crippen molar-refractivity contribution >= 4 is 31.9 Å². The summed E-state index contributed by atoms with van der Waals surface area (Å²) in [6.07, 6.45) is 0. The van der Waals surface area contributed by atoms with Crippen molar-refractivity contribution in [3.63, 3.8) is 0 Å². The fourth-order valence-electron chi connectivity index (χ4n) is 0.719. The van der Waals surface area contributed by atoms with E-state index in [1.54, 1.807) is 0 Å². The first-order valence-electron chi connectivity index (χ1n) is 2.95. The van der Waals surface area contributed by atoms with Crippen LogP contribution in [0.15, 0.2) is 15.0 Å². The highest BCUT2D eigenvalue weighted by Gasteiger charge is 2.14. The van der Waals surface area contributed by atoms with E-state index in [1.165, 1.54) is 6.07 Å². The van der Waals surface area contributed by atoms with Gasteiger partial charge < -0.3 is 0 Å². The van der Waals surface area contributed by atoms with Crippen LogP contribution in [0.2, 0.25) is 0 Å². The van der Waals surface area contributed by atoms with Crippen molar-refractivity contribution in [1.29, 1.82) is 0 Å². The van der Waals surface area contributed by atoms with Crippen molar-refractivity contribution in [1.82, 2.24) is 0 Å². The average Bonchev–Trinajstić information content (AvgIpc) is 2.08. The van der Waals surface area contributed by atoms with Gasteiger partial charge in [0.2, 0.25) is 0 Å². The van der Waals surface area contributed by atoms with Gasteiger partial charge in [0, 0.05) is 5.56 Å². The Kier molecular flexibility index (Phi) is 3.17. The van der Waals surface area contributed by atoms with Crippen molar-refractivity contribution < 1.29 is 13.2 Å². The zero-order chi connectivity index (χ0) is 9.30. The molecule has 1 aromatic carbocycles. The number of rotatable bonds is 1. The fourth-order valence-corrected chi connectivity index (χ4v) is 1.56. The second-order valence-electron chi connectivity index (χ2n) is 2.09. The molecule has 0 saturated heterocycles. The number of alkyl halides is 1. The Labute approximate surface area is 84.0 Å². The quantitative estimate of drug-likeness (QED) is 0.544. The molecule has 5 heteroatoms. The van der Waals surface area contributed by atoms with E-state index < -0.39 is 18.3 Å². The van der Waals surface area contributed by atoms with E-state index in [4.69, 9.17) is 0 Å². The molecular weight excluding hydrogens is 301 g/mol. The molecule has 0 bridgehead atoms. The molecule has 1 aromatic rings. The van der Waals surface area contributed by atoms with Gasteiger partial charge in [-0.3, -0.25) is 0 Å². The molecule has 0 aliphatic carbocycles. The van der Waals surface area contributed by atoms with E-state index in [0.717, 1.165) is 0 Å². The molecule has 0 unspecified atom stereocenters. The normalized spacial score (nSPS) is 10.4. The molecule has 0 aliphatic rings. The molecule has 0 saturated carbocycles. The molecular formula is C7H3Br2F3. The summed E-state index contributed by atoms with van der Waals surface area (Å²) in [7, 11) is 0. The van der Waals surface area contributed by atoms with E-state index in [1.807, 2.05) is 0 Å². The number of halogens is 5. The van der Waals surface area contributed by atoms with Gasteiger partial charge in [-0.1, -0.05) is 0 Å². The van der Waals surface area contributed by atoms with Crippen molar-refractivity contribution in [3.05, 3.63) is 32.2 Å². The highest BCUT2D eigenvalue weighted by molar-refractivity contribution is 9.11. The Morgan fingerprint density at radius 2 is 1.75 bits per heavy atom. The first kappa shape index (κ1) is 10.1. The smallest absolute Gasteiger partial charge is 0.174 e. The molecule has 0 fully saturated rings. The van der Waals surface area contributed by atoms with E-state index in [0.29, 0.717) is 0 Å². The molecule has 1 rings (SSSR count). The molecule has 0 N–H and O–H groups in total. The van der Waals surface area contributed by atoms with Crippen LogP contribution in [-0.2, 0) is 6.67 Å². The summed E-state index contributed by atoms with van der Waals surface area (Å²) in [5, 5.41) is 0. The van der Waals surface area contributed by atoms with Crippen molar-refractivity contribution in [3.8, 4) is 0 Å². The minimum atomic E-state index is -1.07. The molecule has 0 heterocycles. The first-order valence-corrected chi connectivity index (χ1v) is 4.54. The van der Waals surface area contributed by atoms with E-state index in [9.17, 15) is 13.2 Å². The van der Waals surface area contributed by atoms with Crippen LogP contribution in [0, 0.1) is 11.6 Å². The maximum Gasteiger partial charge on any atom is 0.174 e. The average molecular weight is 304 g/mol. The van der Waals surface area contributed by atoms with Gasteiger partial charge in [0.05, 0.1) is 8.95 Å². The summed E-state index contributed by atoms with van der Waals surface area (Å²) in [5.74, 6) is -2.09. The maximum atomic E-state index is 12.8. The van der Waals surface area contributed by atoms with Gasteiger partial charge in [0.25, 0.3) is 0 Å². The molecule has 0 aromatic heterocycles. The maximum absolute atomic E-state index is 12.8. The third-order valence-corrected chi connectivity index (χ3v) is 2.76. The van der Waals surface area contributed by atoms with Crippen LogP contribution in [0.5, 0.6) is 0 Å². The van der Waals surface area contributed by atoms with Crippen LogP contribution < -0.4 is 0 Å². The second-order valence-corrected chi connectivity index (χ2v) is 3.74. The lowest BCUT2D eigenvalue weighted by molar-refractivity contribution is 0.466. The van der Waals surface area contributed by atoms with Gasteiger partial charge >= 0.3 is 0 Å². The van der Waals surface area contributed by atoms with Crippen LogP contribution in [0.3, 0.4) is 0 Å². The molecule has 12 heavy (non-hydrogen) atoms. The Morgan fingerprint density at radius 1 is 1.17 bits per heavy atom. The summed E-state index contributed by atoms with van der Waals surface area (Å²) in [5.41, 5.74) is 0.0841. The highest BCUT2D eigenvalue weighted by atomic mass is 79.9. The topological polar surface area (TPSA) is 0 Å². The lowest BCUT2D eigenvalue weighted by atomic mass is 10.2. The minimum absolute atomic E-state index is 0.0733. The second kappa shape index (κ2) is 3.79. The van der Waals surface area contributed by atoms with Gasteiger partial charge in [-0.05, 0) is 37.9 Å². The summed E-state index contributed by atoms with van der Waals surface area (Å²) in [6.45, 7) is -0.837.